The predicted molar refractivity (Wildman–Crippen MR) is 58.9 cm³/mol. The van der Waals surface area contributed by atoms with Gasteiger partial charge in [-0.1, -0.05) is 0 Å². The summed E-state index contributed by atoms with van der Waals surface area (Å²) in [6, 6.07) is 0. The van der Waals surface area contributed by atoms with Crippen molar-refractivity contribution >= 4 is 17.1 Å². The lowest BCUT2D eigenvalue weighted by Crippen LogP contribution is -2.06. The van der Waals surface area contributed by atoms with E-state index in [4.69, 9.17) is 4.74 Å². The van der Waals surface area contributed by atoms with E-state index in [2.05, 4.69) is 15.0 Å². The Morgan fingerprint density at radius 2 is 2.06 bits per heavy atom. The lowest BCUT2D eigenvalue weighted by Gasteiger charge is -2.02. The average molecular weight is 235 g/mol. The molecule has 0 radical (unpaired) electrons. The van der Waals surface area contributed by atoms with E-state index in [9.17, 15) is 4.79 Å². The molecule has 0 aliphatic rings. The van der Waals surface area contributed by atoms with Crippen LogP contribution in [0.4, 0.5) is 0 Å². The predicted octanol–water partition coefficient (Wildman–Crippen LogP) is 1.48. The zero-order valence-corrected chi connectivity index (χ0v) is 9.61. The molecule has 6 heteroatoms. The molecule has 2 heterocycles. The summed E-state index contributed by atoms with van der Waals surface area (Å²) in [5.41, 5.74) is 0.216. The molecule has 0 amide bonds. The minimum absolute atomic E-state index is 0.212. The SMILES string of the molecule is COc1nccnc1C(=O)c1cnc(C)s1. The van der Waals surface area contributed by atoms with Gasteiger partial charge in [0.25, 0.3) is 0 Å². The summed E-state index contributed by atoms with van der Waals surface area (Å²) < 4.78 is 4.98. The van der Waals surface area contributed by atoms with Crippen molar-refractivity contribution in [3.8, 4) is 5.88 Å². The first-order valence-electron chi connectivity index (χ1n) is 4.54. The summed E-state index contributed by atoms with van der Waals surface area (Å²) in [5.74, 6) is 0.0223. The second-order valence-electron chi connectivity index (χ2n) is 2.99. The Balaban J connectivity index is 2.41. The zero-order valence-electron chi connectivity index (χ0n) is 8.80. The average Bonchev–Trinajstić information content (AvgIpc) is 2.75. The van der Waals surface area contributed by atoms with Crippen LogP contribution in [0.1, 0.15) is 20.4 Å². The molecule has 0 aromatic carbocycles. The van der Waals surface area contributed by atoms with Crippen molar-refractivity contribution in [2.75, 3.05) is 7.11 Å². The molecule has 16 heavy (non-hydrogen) atoms. The van der Waals surface area contributed by atoms with Crippen molar-refractivity contribution in [1.82, 2.24) is 15.0 Å². The largest absolute Gasteiger partial charge is 0.479 e. The molecule has 0 atom stereocenters. The molecule has 0 spiro atoms. The number of thiazole rings is 1. The van der Waals surface area contributed by atoms with E-state index < -0.39 is 0 Å². The van der Waals surface area contributed by atoms with Gasteiger partial charge in [0.05, 0.1) is 17.0 Å². The van der Waals surface area contributed by atoms with Crippen LogP contribution in [0.5, 0.6) is 5.88 Å². The number of hydrogen-bond donors (Lipinski definition) is 0. The van der Waals surface area contributed by atoms with E-state index in [0.29, 0.717) is 4.88 Å². The minimum Gasteiger partial charge on any atom is -0.479 e. The molecule has 82 valence electrons. The fraction of sp³-hybridized carbons (Fsp3) is 0.200. The van der Waals surface area contributed by atoms with E-state index in [-0.39, 0.29) is 17.4 Å². The van der Waals surface area contributed by atoms with Crippen LogP contribution in [0.15, 0.2) is 18.6 Å². The van der Waals surface area contributed by atoms with Crippen LogP contribution >= 0.6 is 11.3 Å². The third kappa shape index (κ3) is 1.92. The van der Waals surface area contributed by atoms with Gasteiger partial charge in [-0.15, -0.1) is 11.3 Å². The molecule has 0 aliphatic heterocycles. The van der Waals surface area contributed by atoms with Gasteiger partial charge in [-0.2, -0.15) is 0 Å². The normalized spacial score (nSPS) is 10.1. The summed E-state index contributed by atoms with van der Waals surface area (Å²) in [6.07, 6.45) is 4.48. The second-order valence-corrected chi connectivity index (χ2v) is 4.22. The molecule has 2 rings (SSSR count). The van der Waals surface area contributed by atoms with Gasteiger partial charge in [0.15, 0.2) is 5.69 Å². The Kier molecular flexibility index (Phi) is 2.91. The molecule has 0 aliphatic carbocycles. The van der Waals surface area contributed by atoms with Crippen LogP contribution in [0.2, 0.25) is 0 Å². The Morgan fingerprint density at radius 3 is 2.69 bits per heavy atom. The van der Waals surface area contributed by atoms with Crippen LogP contribution in [-0.4, -0.2) is 27.8 Å². The van der Waals surface area contributed by atoms with Gasteiger partial charge in [0, 0.05) is 18.6 Å². The summed E-state index contributed by atoms with van der Waals surface area (Å²) >= 11 is 1.33. The molecule has 0 N–H and O–H groups in total. The number of rotatable bonds is 3. The van der Waals surface area contributed by atoms with E-state index >= 15 is 0 Å². The summed E-state index contributed by atoms with van der Waals surface area (Å²) in [4.78, 5) is 24.5. The molecular weight excluding hydrogens is 226 g/mol. The van der Waals surface area contributed by atoms with Crippen molar-refractivity contribution in [3.63, 3.8) is 0 Å². The number of nitrogens with zero attached hydrogens (tertiary/aromatic N) is 3. The van der Waals surface area contributed by atoms with Gasteiger partial charge in [-0.25, -0.2) is 15.0 Å². The maximum atomic E-state index is 12.0. The number of hydrogen-bond acceptors (Lipinski definition) is 6. The zero-order chi connectivity index (χ0) is 11.5. The number of carbonyl (C=O) groups is 1. The highest BCUT2D eigenvalue weighted by molar-refractivity contribution is 7.13. The number of aromatic nitrogens is 3. The standard InChI is InChI=1S/C10H9N3O2S/c1-6-13-5-7(16-6)9(14)8-10(15-2)12-4-3-11-8/h3-5H,1-2H3. The van der Waals surface area contributed by atoms with Crippen molar-refractivity contribution in [2.45, 2.75) is 6.92 Å². The summed E-state index contributed by atoms with van der Waals surface area (Å²) in [6.45, 7) is 1.84. The molecule has 0 saturated carbocycles. The minimum atomic E-state index is -0.212. The Morgan fingerprint density at radius 1 is 1.31 bits per heavy atom. The molecule has 0 bridgehead atoms. The van der Waals surface area contributed by atoms with Gasteiger partial charge in [-0.05, 0) is 6.92 Å². The first-order chi connectivity index (χ1) is 7.72. The number of ketones is 1. The lowest BCUT2D eigenvalue weighted by atomic mass is 10.2. The third-order valence-corrected chi connectivity index (χ3v) is 2.83. The summed E-state index contributed by atoms with van der Waals surface area (Å²) in [7, 11) is 1.46. The van der Waals surface area contributed by atoms with Crippen molar-refractivity contribution < 1.29 is 9.53 Å². The Bertz CT molecular complexity index is 524. The molecular formula is C10H9N3O2S. The van der Waals surface area contributed by atoms with Crippen LogP contribution in [-0.2, 0) is 0 Å². The molecule has 0 fully saturated rings. The Labute approximate surface area is 96.2 Å². The van der Waals surface area contributed by atoms with E-state index in [1.807, 2.05) is 6.92 Å². The van der Waals surface area contributed by atoms with Gasteiger partial charge in [-0.3, -0.25) is 4.79 Å². The molecule has 0 unspecified atom stereocenters. The highest BCUT2D eigenvalue weighted by Crippen LogP contribution is 2.19. The van der Waals surface area contributed by atoms with Crippen LogP contribution in [0, 0.1) is 6.92 Å². The topological polar surface area (TPSA) is 65.0 Å². The quantitative estimate of drug-likeness (QED) is 0.754. The molecule has 2 aromatic rings. The molecule has 2 aromatic heterocycles. The fourth-order valence-corrected chi connectivity index (χ4v) is 1.93. The van der Waals surface area contributed by atoms with E-state index in [1.165, 1.54) is 37.0 Å². The van der Waals surface area contributed by atoms with E-state index in [1.54, 1.807) is 0 Å². The fourth-order valence-electron chi connectivity index (χ4n) is 1.21. The maximum absolute atomic E-state index is 12.0. The van der Waals surface area contributed by atoms with Crippen molar-refractivity contribution in [3.05, 3.63) is 34.2 Å². The van der Waals surface area contributed by atoms with Gasteiger partial charge in [0.1, 0.15) is 0 Å². The monoisotopic (exact) mass is 235 g/mol. The first kappa shape index (κ1) is 10.7. The van der Waals surface area contributed by atoms with Crippen molar-refractivity contribution in [1.29, 1.82) is 0 Å². The number of ether oxygens (including phenoxy) is 1. The van der Waals surface area contributed by atoms with Crippen LogP contribution in [0.3, 0.4) is 0 Å². The first-order valence-corrected chi connectivity index (χ1v) is 5.36. The van der Waals surface area contributed by atoms with E-state index in [0.717, 1.165) is 5.01 Å². The lowest BCUT2D eigenvalue weighted by molar-refractivity contribution is 0.103. The highest BCUT2D eigenvalue weighted by Gasteiger charge is 2.18. The highest BCUT2D eigenvalue weighted by atomic mass is 32.1. The molecule has 0 saturated heterocycles. The van der Waals surface area contributed by atoms with Gasteiger partial charge in [0.2, 0.25) is 11.7 Å². The van der Waals surface area contributed by atoms with Crippen molar-refractivity contribution in [2.24, 2.45) is 0 Å². The number of carbonyl (C=O) groups excluding carboxylic acids is 1. The van der Waals surface area contributed by atoms with Gasteiger partial charge < -0.3 is 4.74 Å². The van der Waals surface area contributed by atoms with Crippen LogP contribution in [0.25, 0.3) is 0 Å². The Hall–Kier alpha value is -1.82. The smallest absolute Gasteiger partial charge is 0.243 e. The van der Waals surface area contributed by atoms with Crippen LogP contribution < -0.4 is 4.74 Å². The third-order valence-electron chi connectivity index (χ3n) is 1.92. The second kappa shape index (κ2) is 4.36. The van der Waals surface area contributed by atoms with Gasteiger partial charge >= 0.3 is 0 Å². The summed E-state index contributed by atoms with van der Waals surface area (Å²) in [5, 5.41) is 0.839. The molecule has 5 nitrogen and oxygen atoms in total. The number of aryl methyl sites for hydroxylation is 1. The maximum Gasteiger partial charge on any atom is 0.243 e. The number of methoxy groups -OCH3 is 1.